The minimum atomic E-state index is -0.807. The summed E-state index contributed by atoms with van der Waals surface area (Å²) >= 11 is 0. The Morgan fingerprint density at radius 1 is 1.60 bits per heavy atom. The van der Waals surface area contributed by atoms with Crippen molar-refractivity contribution >= 4 is 0 Å². The van der Waals surface area contributed by atoms with Gasteiger partial charge in [0.25, 0.3) is 0 Å². The Kier molecular flexibility index (Phi) is 1.63. The van der Waals surface area contributed by atoms with Crippen molar-refractivity contribution in [2.45, 2.75) is 43.7 Å². The summed E-state index contributed by atoms with van der Waals surface area (Å²) in [4.78, 5) is 10.9. The fraction of sp³-hybridized carbons (Fsp3) is 0.636. The predicted molar refractivity (Wildman–Crippen MR) is 53.9 cm³/mol. The third-order valence-electron chi connectivity index (χ3n) is 3.90. The van der Waals surface area contributed by atoms with E-state index in [-0.39, 0.29) is 4.92 Å². The molecule has 0 aromatic heterocycles. The summed E-state index contributed by atoms with van der Waals surface area (Å²) in [6, 6.07) is 0. The Morgan fingerprint density at radius 2 is 2.40 bits per heavy atom. The van der Waals surface area contributed by atoms with E-state index in [4.69, 9.17) is 0 Å². The van der Waals surface area contributed by atoms with Crippen LogP contribution in [0.25, 0.3) is 0 Å². The van der Waals surface area contributed by atoms with Crippen LogP contribution >= 0.6 is 0 Å². The van der Waals surface area contributed by atoms with Crippen molar-refractivity contribution < 1.29 is 10.0 Å². The lowest BCUT2D eigenvalue weighted by atomic mass is 10.1. The highest BCUT2D eigenvalue weighted by Gasteiger charge is 2.63. The highest BCUT2D eigenvalue weighted by molar-refractivity contribution is 5.54. The minimum Gasteiger partial charge on any atom is -0.388 e. The molecule has 0 aromatic rings. The van der Waals surface area contributed by atoms with Crippen molar-refractivity contribution in [3.63, 3.8) is 0 Å². The fourth-order valence-corrected chi connectivity index (χ4v) is 2.98. The van der Waals surface area contributed by atoms with Gasteiger partial charge in [-0.25, -0.2) is 0 Å². The first-order chi connectivity index (χ1) is 7.15. The normalized spacial score (nSPS) is 37.9. The molecular formula is C11H13NO3. The highest BCUT2D eigenvalue weighted by Crippen LogP contribution is 2.56. The molecule has 2 fully saturated rings. The average Bonchev–Trinajstić information content (AvgIpc) is 2.81. The van der Waals surface area contributed by atoms with Crippen LogP contribution in [0.4, 0.5) is 0 Å². The summed E-state index contributed by atoms with van der Waals surface area (Å²) in [6.07, 6.45) is 5.18. The minimum absolute atomic E-state index is 0.156. The molecule has 80 valence electrons. The van der Waals surface area contributed by atoms with Gasteiger partial charge in [-0.3, -0.25) is 10.1 Å². The van der Waals surface area contributed by atoms with E-state index in [1.165, 1.54) is 5.57 Å². The largest absolute Gasteiger partial charge is 0.388 e. The third-order valence-corrected chi connectivity index (χ3v) is 3.90. The molecular weight excluding hydrogens is 194 g/mol. The molecule has 0 saturated heterocycles. The smallest absolute Gasteiger partial charge is 0.248 e. The summed E-state index contributed by atoms with van der Waals surface area (Å²) < 4.78 is 0. The van der Waals surface area contributed by atoms with Crippen LogP contribution in [0, 0.1) is 10.1 Å². The molecule has 2 saturated carbocycles. The summed E-state index contributed by atoms with van der Waals surface area (Å²) in [6.45, 7) is 0. The highest BCUT2D eigenvalue weighted by atomic mass is 16.6. The van der Waals surface area contributed by atoms with Gasteiger partial charge in [0, 0.05) is 16.9 Å². The molecule has 0 bridgehead atoms. The number of allylic oxidation sites excluding steroid dienone is 1. The monoisotopic (exact) mass is 207 g/mol. The van der Waals surface area contributed by atoms with Crippen molar-refractivity contribution in [1.82, 2.24) is 0 Å². The van der Waals surface area contributed by atoms with Crippen molar-refractivity contribution in [3.8, 4) is 0 Å². The average molecular weight is 207 g/mol. The molecule has 0 spiro atoms. The molecule has 0 amide bonds. The topological polar surface area (TPSA) is 63.4 Å². The molecule has 3 aliphatic rings. The summed E-state index contributed by atoms with van der Waals surface area (Å²) in [7, 11) is 0. The Hall–Kier alpha value is -1.16. The van der Waals surface area contributed by atoms with Gasteiger partial charge in [-0.05, 0) is 30.4 Å². The van der Waals surface area contributed by atoms with Gasteiger partial charge in [0.05, 0.1) is 12.5 Å². The Bertz CT molecular complexity index is 410. The van der Waals surface area contributed by atoms with E-state index in [9.17, 15) is 15.2 Å². The van der Waals surface area contributed by atoms with Crippen molar-refractivity contribution in [1.29, 1.82) is 0 Å². The molecule has 1 N–H and O–H groups in total. The molecule has 3 aliphatic carbocycles. The van der Waals surface area contributed by atoms with Crippen LogP contribution in [0.2, 0.25) is 0 Å². The number of aliphatic hydroxyl groups excluding tert-OH is 1. The van der Waals surface area contributed by atoms with Gasteiger partial charge in [-0.15, -0.1) is 0 Å². The molecule has 2 atom stereocenters. The first kappa shape index (κ1) is 9.09. The first-order valence-electron chi connectivity index (χ1n) is 5.41. The fourth-order valence-electron chi connectivity index (χ4n) is 2.98. The molecule has 0 aromatic carbocycles. The van der Waals surface area contributed by atoms with Gasteiger partial charge in [0.2, 0.25) is 5.54 Å². The maximum atomic E-state index is 11.0. The molecule has 15 heavy (non-hydrogen) atoms. The van der Waals surface area contributed by atoms with E-state index in [1.54, 1.807) is 0 Å². The molecule has 0 radical (unpaired) electrons. The second-order valence-corrected chi connectivity index (χ2v) is 4.68. The van der Waals surface area contributed by atoms with Crippen molar-refractivity contribution in [3.05, 3.63) is 32.9 Å². The predicted octanol–water partition coefficient (Wildman–Crippen LogP) is 1.58. The Labute approximate surface area is 87.4 Å². The molecule has 2 unspecified atom stereocenters. The van der Waals surface area contributed by atoms with Crippen LogP contribution in [-0.2, 0) is 0 Å². The van der Waals surface area contributed by atoms with Crippen LogP contribution in [0.3, 0.4) is 0 Å². The summed E-state index contributed by atoms with van der Waals surface area (Å²) in [5.74, 6) is 0. The number of aliphatic hydroxyl groups is 1. The zero-order valence-corrected chi connectivity index (χ0v) is 8.40. The zero-order valence-electron chi connectivity index (χ0n) is 8.40. The lowest BCUT2D eigenvalue weighted by Gasteiger charge is -2.05. The van der Waals surface area contributed by atoms with E-state index in [0.29, 0.717) is 12.8 Å². The Morgan fingerprint density at radius 3 is 3.13 bits per heavy atom. The van der Waals surface area contributed by atoms with Gasteiger partial charge >= 0.3 is 0 Å². The van der Waals surface area contributed by atoms with Crippen molar-refractivity contribution in [2.24, 2.45) is 0 Å². The number of hydrogen-bond acceptors (Lipinski definition) is 3. The first-order valence-corrected chi connectivity index (χ1v) is 5.41. The number of fused-ring (bicyclic) bond motifs is 2. The van der Waals surface area contributed by atoms with Gasteiger partial charge in [-0.2, -0.15) is 0 Å². The second kappa shape index (κ2) is 2.70. The number of hydrogen-bond donors (Lipinski definition) is 1. The molecule has 0 heterocycles. The molecule has 4 heteroatoms. The SMILES string of the molecule is O=[N+]([O-])C12CCC=C3CCC(O)C3=C1C2. The van der Waals surface area contributed by atoms with E-state index < -0.39 is 11.6 Å². The molecule has 4 nitrogen and oxygen atoms in total. The molecule has 3 rings (SSSR count). The maximum absolute atomic E-state index is 11.0. The van der Waals surface area contributed by atoms with Gasteiger partial charge in [0.1, 0.15) is 0 Å². The lowest BCUT2D eigenvalue weighted by molar-refractivity contribution is -0.534. The van der Waals surface area contributed by atoms with E-state index >= 15 is 0 Å². The van der Waals surface area contributed by atoms with Crippen LogP contribution in [0.15, 0.2) is 22.8 Å². The van der Waals surface area contributed by atoms with Crippen LogP contribution in [-0.4, -0.2) is 21.7 Å². The second-order valence-electron chi connectivity index (χ2n) is 4.68. The summed E-state index contributed by atoms with van der Waals surface area (Å²) in [5, 5.41) is 20.9. The van der Waals surface area contributed by atoms with Crippen LogP contribution in [0.5, 0.6) is 0 Å². The van der Waals surface area contributed by atoms with Crippen molar-refractivity contribution in [2.75, 3.05) is 0 Å². The standard InChI is InChI=1S/C11H13NO3/c13-9-4-3-7-2-1-5-11(12(14)15)6-8(11)10(7)9/h2,9,13H,1,3-6H2. The van der Waals surface area contributed by atoms with Crippen LogP contribution in [0.1, 0.15) is 32.1 Å². The van der Waals surface area contributed by atoms with E-state index in [0.717, 1.165) is 30.4 Å². The quantitative estimate of drug-likeness (QED) is 0.524. The molecule has 0 aliphatic heterocycles. The van der Waals surface area contributed by atoms with Gasteiger partial charge < -0.3 is 5.11 Å². The maximum Gasteiger partial charge on any atom is 0.248 e. The number of nitro groups is 1. The summed E-state index contributed by atoms with van der Waals surface area (Å²) in [5.41, 5.74) is 2.17. The lowest BCUT2D eigenvalue weighted by Crippen LogP contribution is -2.21. The Balaban J connectivity index is 2.10. The van der Waals surface area contributed by atoms with Gasteiger partial charge in [0.15, 0.2) is 0 Å². The number of rotatable bonds is 1. The number of nitrogens with zero attached hydrogens (tertiary/aromatic N) is 1. The third kappa shape index (κ3) is 1.05. The van der Waals surface area contributed by atoms with Crippen LogP contribution < -0.4 is 0 Å². The van der Waals surface area contributed by atoms with E-state index in [1.807, 2.05) is 0 Å². The van der Waals surface area contributed by atoms with E-state index in [2.05, 4.69) is 6.08 Å². The zero-order chi connectivity index (χ0) is 10.6. The van der Waals surface area contributed by atoms with Gasteiger partial charge in [-0.1, -0.05) is 6.08 Å².